The van der Waals surface area contributed by atoms with E-state index in [1.54, 1.807) is 12.1 Å². The molecule has 0 heterocycles. The van der Waals surface area contributed by atoms with Gasteiger partial charge in [0.25, 0.3) is 0 Å². The molecule has 2 rings (SSSR count). The average molecular weight is 270 g/mol. The molecular weight excluding hydrogens is 255 g/mol. The summed E-state index contributed by atoms with van der Waals surface area (Å²) in [7, 11) is 0. The van der Waals surface area contributed by atoms with Gasteiger partial charge in [-0.2, -0.15) is 0 Å². The fourth-order valence-electron chi connectivity index (χ4n) is 1.68. The first-order valence-electron chi connectivity index (χ1n) is 6.26. The second-order valence-corrected chi connectivity index (χ2v) is 4.37. The summed E-state index contributed by atoms with van der Waals surface area (Å²) in [5.74, 6) is 5.49. The molecule has 0 saturated carbocycles. The molecule has 2 nitrogen and oxygen atoms in total. The Balaban J connectivity index is 2.04. The van der Waals surface area contributed by atoms with Crippen LogP contribution in [0.25, 0.3) is 0 Å². The summed E-state index contributed by atoms with van der Waals surface area (Å²) in [6.07, 6.45) is 0. The Morgan fingerprint density at radius 3 is 2.55 bits per heavy atom. The molecule has 0 bridgehead atoms. The van der Waals surface area contributed by atoms with Gasteiger partial charge in [-0.25, -0.2) is 4.39 Å². The van der Waals surface area contributed by atoms with Crippen molar-refractivity contribution in [3.8, 4) is 17.6 Å². The Morgan fingerprint density at radius 1 is 1.15 bits per heavy atom. The molecule has 0 saturated heterocycles. The Bertz CT molecular complexity index is 636. The maximum atomic E-state index is 13.8. The fourth-order valence-corrected chi connectivity index (χ4v) is 1.68. The smallest absolute Gasteiger partial charge is 0.131 e. The van der Waals surface area contributed by atoms with E-state index in [1.807, 2.05) is 31.2 Å². The molecule has 0 amide bonds. The van der Waals surface area contributed by atoms with Crippen LogP contribution in [-0.4, -0.2) is 11.7 Å². The number of benzene rings is 2. The van der Waals surface area contributed by atoms with Crippen LogP contribution in [0.5, 0.6) is 5.75 Å². The predicted molar refractivity (Wildman–Crippen MR) is 75.9 cm³/mol. The Morgan fingerprint density at radius 2 is 1.90 bits per heavy atom. The van der Waals surface area contributed by atoms with Gasteiger partial charge < -0.3 is 9.84 Å². The monoisotopic (exact) mass is 270 g/mol. The normalized spacial score (nSPS) is 9.75. The van der Waals surface area contributed by atoms with Crippen LogP contribution < -0.4 is 4.74 Å². The summed E-state index contributed by atoms with van der Waals surface area (Å²) in [5.41, 5.74) is 2.16. The maximum absolute atomic E-state index is 13.8. The van der Waals surface area contributed by atoms with Gasteiger partial charge in [0.05, 0.1) is 0 Å². The summed E-state index contributed by atoms with van der Waals surface area (Å²) in [6.45, 7) is 1.93. The van der Waals surface area contributed by atoms with Crippen molar-refractivity contribution in [2.45, 2.75) is 13.5 Å². The molecule has 0 aliphatic rings. The highest BCUT2D eigenvalue weighted by atomic mass is 19.1. The highest BCUT2D eigenvalue weighted by Gasteiger charge is 2.04. The molecule has 102 valence electrons. The second-order valence-electron chi connectivity index (χ2n) is 4.37. The first kappa shape index (κ1) is 14.1. The third kappa shape index (κ3) is 3.84. The van der Waals surface area contributed by atoms with E-state index >= 15 is 0 Å². The molecule has 0 aliphatic heterocycles. The van der Waals surface area contributed by atoms with Crippen LogP contribution in [0.15, 0.2) is 42.5 Å². The molecule has 0 unspecified atom stereocenters. The van der Waals surface area contributed by atoms with Gasteiger partial charge in [0.1, 0.15) is 24.8 Å². The molecule has 0 aromatic heterocycles. The van der Waals surface area contributed by atoms with Crippen molar-refractivity contribution in [3.05, 3.63) is 65.0 Å². The van der Waals surface area contributed by atoms with Crippen molar-refractivity contribution in [1.29, 1.82) is 0 Å². The van der Waals surface area contributed by atoms with Crippen LogP contribution in [0.4, 0.5) is 4.39 Å². The minimum atomic E-state index is -0.359. The third-order valence-corrected chi connectivity index (χ3v) is 2.78. The number of rotatable bonds is 3. The van der Waals surface area contributed by atoms with Gasteiger partial charge in [0.15, 0.2) is 0 Å². The van der Waals surface area contributed by atoms with Crippen molar-refractivity contribution in [3.63, 3.8) is 0 Å². The second kappa shape index (κ2) is 6.74. The lowest BCUT2D eigenvalue weighted by molar-refractivity contribution is 0.300. The van der Waals surface area contributed by atoms with Crippen molar-refractivity contribution >= 4 is 0 Å². The number of ether oxygens (including phenoxy) is 1. The first-order valence-corrected chi connectivity index (χ1v) is 6.26. The number of aliphatic hydroxyl groups excluding tert-OH is 1. The number of aryl methyl sites for hydroxylation is 1. The predicted octanol–water partition coefficient (Wildman–Crippen LogP) is 3.06. The largest absolute Gasteiger partial charge is 0.489 e. The van der Waals surface area contributed by atoms with Crippen LogP contribution in [0.1, 0.15) is 16.7 Å². The maximum Gasteiger partial charge on any atom is 0.131 e. The highest BCUT2D eigenvalue weighted by Crippen LogP contribution is 2.16. The standard InChI is InChI=1S/C17H15FO2/c1-13-4-8-16(9-5-13)20-12-15-7-6-14(3-2-10-19)11-17(15)18/h4-9,11,19H,10,12H2,1H3. The Kier molecular flexibility index (Phi) is 4.75. The van der Waals surface area contributed by atoms with E-state index in [1.165, 1.54) is 6.07 Å². The lowest BCUT2D eigenvalue weighted by Crippen LogP contribution is -1.99. The molecule has 3 heteroatoms. The molecular formula is C17H15FO2. The van der Waals surface area contributed by atoms with Gasteiger partial charge >= 0.3 is 0 Å². The molecule has 0 aliphatic carbocycles. The van der Waals surface area contributed by atoms with E-state index in [9.17, 15) is 4.39 Å². The van der Waals surface area contributed by atoms with E-state index in [0.29, 0.717) is 16.9 Å². The Hall–Kier alpha value is -2.31. The van der Waals surface area contributed by atoms with E-state index in [0.717, 1.165) is 5.56 Å². The average Bonchev–Trinajstić information content (AvgIpc) is 2.46. The molecule has 0 atom stereocenters. The van der Waals surface area contributed by atoms with E-state index in [4.69, 9.17) is 9.84 Å². The molecule has 2 aromatic rings. The number of hydrogen-bond donors (Lipinski definition) is 1. The van der Waals surface area contributed by atoms with Crippen molar-refractivity contribution in [1.82, 2.24) is 0 Å². The summed E-state index contributed by atoms with van der Waals surface area (Å²) < 4.78 is 19.4. The van der Waals surface area contributed by atoms with E-state index in [-0.39, 0.29) is 19.0 Å². The molecule has 0 spiro atoms. The first-order chi connectivity index (χ1) is 9.69. The molecule has 2 aromatic carbocycles. The van der Waals surface area contributed by atoms with Crippen LogP contribution in [-0.2, 0) is 6.61 Å². The van der Waals surface area contributed by atoms with Crippen LogP contribution in [0, 0.1) is 24.6 Å². The zero-order chi connectivity index (χ0) is 14.4. The molecule has 1 N–H and O–H groups in total. The van der Waals surface area contributed by atoms with Gasteiger partial charge in [0.2, 0.25) is 0 Å². The van der Waals surface area contributed by atoms with E-state index < -0.39 is 0 Å². The lowest BCUT2D eigenvalue weighted by atomic mass is 10.1. The summed E-state index contributed by atoms with van der Waals surface area (Å²) in [4.78, 5) is 0. The third-order valence-electron chi connectivity index (χ3n) is 2.78. The quantitative estimate of drug-likeness (QED) is 0.869. The van der Waals surface area contributed by atoms with Crippen molar-refractivity contribution in [2.75, 3.05) is 6.61 Å². The van der Waals surface area contributed by atoms with Crippen LogP contribution >= 0.6 is 0 Å². The zero-order valence-electron chi connectivity index (χ0n) is 11.2. The summed E-state index contributed by atoms with van der Waals surface area (Å²) >= 11 is 0. The van der Waals surface area contributed by atoms with Crippen molar-refractivity contribution in [2.24, 2.45) is 0 Å². The minimum absolute atomic E-state index is 0.169. The topological polar surface area (TPSA) is 29.5 Å². The highest BCUT2D eigenvalue weighted by molar-refractivity contribution is 5.37. The Labute approximate surface area is 117 Å². The fraction of sp³-hybridized carbons (Fsp3) is 0.176. The van der Waals surface area contributed by atoms with E-state index in [2.05, 4.69) is 11.8 Å². The lowest BCUT2D eigenvalue weighted by Gasteiger charge is -2.07. The van der Waals surface area contributed by atoms with Gasteiger partial charge in [0, 0.05) is 11.1 Å². The SMILES string of the molecule is Cc1ccc(OCc2ccc(C#CCO)cc2F)cc1. The number of halogens is 1. The zero-order valence-corrected chi connectivity index (χ0v) is 11.2. The van der Waals surface area contributed by atoms with Gasteiger partial charge in [-0.15, -0.1) is 0 Å². The van der Waals surface area contributed by atoms with Crippen molar-refractivity contribution < 1.29 is 14.2 Å². The van der Waals surface area contributed by atoms with Crippen LogP contribution in [0.2, 0.25) is 0 Å². The minimum Gasteiger partial charge on any atom is -0.489 e. The number of hydrogen-bond acceptors (Lipinski definition) is 2. The van der Waals surface area contributed by atoms with Gasteiger partial charge in [-0.1, -0.05) is 35.6 Å². The van der Waals surface area contributed by atoms with Gasteiger partial charge in [-0.3, -0.25) is 0 Å². The summed E-state index contributed by atoms with van der Waals surface area (Å²) in [5, 5.41) is 8.59. The molecule has 0 fully saturated rings. The summed E-state index contributed by atoms with van der Waals surface area (Å²) in [6, 6.07) is 12.3. The van der Waals surface area contributed by atoms with Gasteiger partial charge in [-0.05, 0) is 31.2 Å². The number of aliphatic hydroxyl groups is 1. The van der Waals surface area contributed by atoms with Crippen LogP contribution in [0.3, 0.4) is 0 Å². The molecule has 0 radical (unpaired) electrons. The molecule has 20 heavy (non-hydrogen) atoms.